The minimum Gasteiger partial charge on any atom is -0.462 e. The van der Waals surface area contributed by atoms with Gasteiger partial charge in [-0.05, 0) is 48.5 Å². The van der Waals surface area contributed by atoms with Gasteiger partial charge in [-0.15, -0.1) is 5.10 Å². The molecule has 0 aliphatic rings. The van der Waals surface area contributed by atoms with Gasteiger partial charge in [0.2, 0.25) is 5.71 Å². The van der Waals surface area contributed by atoms with Crippen LogP contribution in [0, 0.1) is 6.92 Å². The molecule has 31 heavy (non-hydrogen) atoms. The fourth-order valence-electron chi connectivity index (χ4n) is 2.94. The largest absolute Gasteiger partial charge is 0.462 e. The Bertz CT molecular complexity index is 1250. The predicted octanol–water partition coefficient (Wildman–Crippen LogP) is 1.62. The number of aromatic nitrogens is 6. The molecule has 0 saturated carbocycles. The molecule has 2 N–H and O–H groups in total. The molecule has 0 aliphatic carbocycles. The number of furan rings is 1. The van der Waals surface area contributed by atoms with Crippen molar-refractivity contribution in [2.45, 2.75) is 20.5 Å². The fourth-order valence-corrected chi connectivity index (χ4v) is 2.94. The van der Waals surface area contributed by atoms with Gasteiger partial charge in [-0.2, -0.15) is 4.98 Å². The van der Waals surface area contributed by atoms with E-state index in [2.05, 4.69) is 25.5 Å². The van der Waals surface area contributed by atoms with E-state index in [-0.39, 0.29) is 41.5 Å². The average molecular weight is 423 g/mol. The molecular weight excluding hydrogens is 406 g/mol. The van der Waals surface area contributed by atoms with Gasteiger partial charge < -0.3 is 19.6 Å². The van der Waals surface area contributed by atoms with Crippen LogP contribution in [0.4, 0.5) is 5.82 Å². The van der Waals surface area contributed by atoms with E-state index >= 15 is 0 Å². The van der Waals surface area contributed by atoms with Gasteiger partial charge in [-0.25, -0.2) is 19.3 Å². The zero-order valence-electron chi connectivity index (χ0n) is 16.6. The third-order valence-corrected chi connectivity index (χ3v) is 4.33. The van der Waals surface area contributed by atoms with Gasteiger partial charge in [0.15, 0.2) is 12.4 Å². The number of aryl methyl sites for hydroxylation is 1. The zero-order valence-corrected chi connectivity index (χ0v) is 16.6. The number of carbonyl (C=O) groups excluding carboxylic acids is 2. The summed E-state index contributed by atoms with van der Waals surface area (Å²) in [6.45, 7) is 3.27. The summed E-state index contributed by atoms with van der Waals surface area (Å²) in [6.07, 6.45) is 1.44. The molecule has 4 rings (SSSR count). The standard InChI is InChI=1S/C19H17N7O5/c1-3-29-19(28)14-10(2)31-17-15(14)16(20)22-13(23-17)8-30-18(27)11-4-6-12(7-5-11)26-9-21-24-25-26/h4-7,9H,3,8H2,1-2H3,(H2,20,22,23). The Labute approximate surface area is 175 Å². The number of hydrogen-bond acceptors (Lipinski definition) is 11. The maximum atomic E-state index is 12.3. The minimum atomic E-state index is -0.576. The summed E-state index contributed by atoms with van der Waals surface area (Å²) in [4.78, 5) is 32.8. The third-order valence-electron chi connectivity index (χ3n) is 4.33. The highest BCUT2D eigenvalue weighted by molar-refractivity contribution is 6.07. The first-order chi connectivity index (χ1) is 15.0. The molecule has 0 saturated heterocycles. The van der Waals surface area contributed by atoms with E-state index < -0.39 is 11.9 Å². The normalized spacial score (nSPS) is 10.9. The first kappa shape index (κ1) is 19.9. The number of esters is 2. The molecule has 0 aliphatic heterocycles. The molecule has 158 valence electrons. The molecule has 0 fully saturated rings. The summed E-state index contributed by atoms with van der Waals surface area (Å²) in [6, 6.07) is 6.52. The Morgan fingerprint density at radius 3 is 2.58 bits per heavy atom. The molecule has 3 heterocycles. The van der Waals surface area contributed by atoms with E-state index in [0.29, 0.717) is 17.0 Å². The number of fused-ring (bicyclic) bond motifs is 1. The Balaban J connectivity index is 1.50. The van der Waals surface area contributed by atoms with E-state index in [4.69, 9.17) is 19.6 Å². The van der Waals surface area contributed by atoms with E-state index in [9.17, 15) is 9.59 Å². The van der Waals surface area contributed by atoms with Crippen LogP contribution < -0.4 is 5.73 Å². The second-order valence-electron chi connectivity index (χ2n) is 6.34. The first-order valence-electron chi connectivity index (χ1n) is 9.21. The Morgan fingerprint density at radius 2 is 1.90 bits per heavy atom. The number of ether oxygens (including phenoxy) is 2. The summed E-state index contributed by atoms with van der Waals surface area (Å²) in [7, 11) is 0. The number of nitrogens with two attached hydrogens (primary N) is 1. The number of nitrogens with zero attached hydrogens (tertiary/aromatic N) is 6. The molecule has 0 radical (unpaired) electrons. The SMILES string of the molecule is CCOC(=O)c1c(C)oc2nc(COC(=O)c3ccc(-n4cnnn4)cc3)nc(N)c12. The van der Waals surface area contributed by atoms with Crippen LogP contribution in [0.15, 0.2) is 35.0 Å². The number of nitrogen functional groups attached to an aromatic ring is 1. The monoisotopic (exact) mass is 423 g/mol. The summed E-state index contributed by atoms with van der Waals surface area (Å²) in [5.41, 5.74) is 7.32. The number of benzene rings is 1. The maximum Gasteiger partial charge on any atom is 0.342 e. The van der Waals surface area contributed by atoms with Gasteiger partial charge in [0.05, 0.1) is 23.2 Å². The maximum absolute atomic E-state index is 12.3. The molecular formula is C19H17N7O5. The lowest BCUT2D eigenvalue weighted by molar-refractivity contribution is 0.0461. The number of hydrogen-bond donors (Lipinski definition) is 1. The van der Waals surface area contributed by atoms with E-state index in [0.717, 1.165) is 0 Å². The van der Waals surface area contributed by atoms with Crippen LogP contribution in [0.2, 0.25) is 0 Å². The van der Waals surface area contributed by atoms with Gasteiger partial charge >= 0.3 is 11.9 Å². The van der Waals surface area contributed by atoms with Crippen molar-refractivity contribution < 1.29 is 23.5 Å². The first-order valence-corrected chi connectivity index (χ1v) is 9.21. The lowest BCUT2D eigenvalue weighted by atomic mass is 10.2. The molecule has 12 heteroatoms. The Kier molecular flexibility index (Phi) is 5.26. The highest BCUT2D eigenvalue weighted by Gasteiger charge is 2.24. The number of tetrazole rings is 1. The minimum absolute atomic E-state index is 0.0294. The van der Waals surface area contributed by atoms with Gasteiger partial charge in [-0.3, -0.25) is 0 Å². The average Bonchev–Trinajstić information content (AvgIpc) is 3.40. The molecule has 0 unspecified atom stereocenters. The van der Waals surface area contributed by atoms with Crippen molar-refractivity contribution in [2.24, 2.45) is 0 Å². The highest BCUT2D eigenvalue weighted by atomic mass is 16.5. The molecule has 1 aromatic carbocycles. The highest BCUT2D eigenvalue weighted by Crippen LogP contribution is 2.29. The van der Waals surface area contributed by atoms with Crippen LogP contribution in [0.1, 0.15) is 39.2 Å². The van der Waals surface area contributed by atoms with E-state index in [1.54, 1.807) is 38.1 Å². The molecule has 0 atom stereocenters. The number of carbonyl (C=O) groups is 2. The number of rotatable bonds is 6. The molecule has 0 amide bonds. The van der Waals surface area contributed by atoms with Crippen molar-refractivity contribution in [1.82, 2.24) is 30.2 Å². The van der Waals surface area contributed by atoms with Crippen molar-refractivity contribution in [3.05, 3.63) is 53.3 Å². The topological polar surface area (TPSA) is 161 Å². The van der Waals surface area contributed by atoms with Crippen molar-refractivity contribution in [3.63, 3.8) is 0 Å². The second-order valence-corrected chi connectivity index (χ2v) is 6.34. The molecule has 0 bridgehead atoms. The van der Waals surface area contributed by atoms with Gasteiger partial charge in [0, 0.05) is 0 Å². The van der Waals surface area contributed by atoms with Gasteiger partial charge in [-0.1, -0.05) is 0 Å². The van der Waals surface area contributed by atoms with Crippen LogP contribution in [-0.2, 0) is 16.1 Å². The summed E-state index contributed by atoms with van der Waals surface area (Å²) >= 11 is 0. The van der Waals surface area contributed by atoms with Crippen LogP contribution in [-0.4, -0.2) is 48.7 Å². The zero-order chi connectivity index (χ0) is 22.0. The van der Waals surface area contributed by atoms with Gasteiger partial charge in [0.1, 0.15) is 23.5 Å². The molecule has 4 aromatic rings. The van der Waals surface area contributed by atoms with Crippen LogP contribution in [0.5, 0.6) is 0 Å². The second kappa shape index (κ2) is 8.18. The van der Waals surface area contributed by atoms with Crippen molar-refractivity contribution >= 4 is 28.9 Å². The van der Waals surface area contributed by atoms with Crippen molar-refractivity contribution in [1.29, 1.82) is 0 Å². The van der Waals surface area contributed by atoms with Crippen molar-refractivity contribution in [3.8, 4) is 5.69 Å². The summed E-state index contributed by atoms with van der Waals surface area (Å²) in [5.74, 6) is -0.674. The van der Waals surface area contributed by atoms with Gasteiger partial charge in [0.25, 0.3) is 0 Å². The fraction of sp³-hybridized carbons (Fsp3) is 0.211. The van der Waals surface area contributed by atoms with E-state index in [1.807, 2.05) is 0 Å². The van der Waals surface area contributed by atoms with Crippen LogP contribution in [0.25, 0.3) is 16.8 Å². The summed E-state index contributed by atoms with van der Waals surface area (Å²) in [5, 5.41) is 11.2. The molecule has 3 aromatic heterocycles. The van der Waals surface area contributed by atoms with E-state index in [1.165, 1.54) is 11.0 Å². The quantitative estimate of drug-likeness (QED) is 0.448. The third kappa shape index (κ3) is 3.90. The smallest absolute Gasteiger partial charge is 0.342 e. The predicted molar refractivity (Wildman–Crippen MR) is 105 cm³/mol. The van der Waals surface area contributed by atoms with Crippen LogP contribution >= 0.6 is 0 Å². The van der Waals surface area contributed by atoms with Crippen LogP contribution in [0.3, 0.4) is 0 Å². The lowest BCUT2D eigenvalue weighted by Gasteiger charge is -2.06. The van der Waals surface area contributed by atoms with Crippen molar-refractivity contribution in [2.75, 3.05) is 12.3 Å². The Hall–Kier alpha value is -4.35. The molecule has 0 spiro atoms. The summed E-state index contributed by atoms with van der Waals surface area (Å²) < 4.78 is 17.3. The Morgan fingerprint density at radius 1 is 1.13 bits per heavy atom. The number of anilines is 1. The molecule has 12 nitrogen and oxygen atoms in total. The lowest BCUT2D eigenvalue weighted by Crippen LogP contribution is -2.10.